The van der Waals surface area contributed by atoms with Crippen molar-refractivity contribution in [1.29, 1.82) is 0 Å². The van der Waals surface area contributed by atoms with Crippen molar-refractivity contribution in [2.24, 2.45) is 11.8 Å². The highest BCUT2D eigenvalue weighted by Crippen LogP contribution is 2.43. The smallest absolute Gasteiger partial charge is 0.332 e. The van der Waals surface area contributed by atoms with E-state index in [0.29, 0.717) is 5.92 Å². The first-order valence-electron chi connectivity index (χ1n) is 10.9. The molecule has 1 fully saturated rings. The molecule has 0 heterocycles. The molecule has 0 bridgehead atoms. The summed E-state index contributed by atoms with van der Waals surface area (Å²) >= 11 is 0. The van der Waals surface area contributed by atoms with Gasteiger partial charge in [0.1, 0.15) is 18.8 Å². The first-order valence-corrected chi connectivity index (χ1v) is 10.9. The molecule has 5 nitrogen and oxygen atoms in total. The van der Waals surface area contributed by atoms with Crippen LogP contribution in [0.4, 0.5) is 0 Å². The predicted molar refractivity (Wildman–Crippen MR) is 111 cm³/mol. The summed E-state index contributed by atoms with van der Waals surface area (Å²) < 4.78 is 17.5. The van der Waals surface area contributed by atoms with Gasteiger partial charge >= 0.3 is 5.97 Å². The summed E-state index contributed by atoms with van der Waals surface area (Å²) in [4.78, 5) is 23.7. The third-order valence-electron chi connectivity index (χ3n) is 6.50. The quantitative estimate of drug-likeness (QED) is 0.453. The molecule has 0 aromatic heterocycles. The lowest BCUT2D eigenvalue weighted by atomic mass is 9.73. The fraction of sp³-hybridized carbons (Fsp3) is 0.913. The average Bonchev–Trinajstić information content (AvgIpc) is 2.61. The Hall–Kier alpha value is -0.940. The van der Waals surface area contributed by atoms with E-state index >= 15 is 0 Å². The first-order chi connectivity index (χ1) is 12.9. The number of hydrogen-bond acceptors (Lipinski definition) is 5. The molecule has 0 spiro atoms. The van der Waals surface area contributed by atoms with Crippen LogP contribution in [0.15, 0.2) is 0 Å². The van der Waals surface area contributed by atoms with Gasteiger partial charge in [0, 0.05) is 5.92 Å². The lowest BCUT2D eigenvalue weighted by Crippen LogP contribution is -2.47. The molecule has 0 aromatic rings. The second kappa shape index (κ2) is 10.2. The van der Waals surface area contributed by atoms with E-state index in [1.165, 1.54) is 0 Å². The average molecular weight is 399 g/mol. The molecule has 0 atom stereocenters. The third-order valence-corrected chi connectivity index (χ3v) is 6.50. The molecule has 0 aromatic carbocycles. The Morgan fingerprint density at radius 3 is 2.04 bits per heavy atom. The maximum absolute atomic E-state index is 12.2. The summed E-state index contributed by atoms with van der Waals surface area (Å²) in [6.45, 7) is 16.1. The summed E-state index contributed by atoms with van der Waals surface area (Å²) in [7, 11) is 0. The van der Waals surface area contributed by atoms with E-state index in [1.54, 1.807) is 0 Å². The molecule has 0 saturated heterocycles. The van der Waals surface area contributed by atoms with Gasteiger partial charge in [-0.3, -0.25) is 4.79 Å². The van der Waals surface area contributed by atoms with Crippen LogP contribution in [0.3, 0.4) is 0 Å². The lowest BCUT2D eigenvalue weighted by Gasteiger charge is -2.46. The van der Waals surface area contributed by atoms with E-state index in [2.05, 4.69) is 27.7 Å². The molecule has 0 N–H and O–H groups in total. The molecule has 1 aliphatic carbocycles. The number of ether oxygens (including phenoxy) is 3. The minimum atomic E-state index is -0.553. The monoisotopic (exact) mass is 398 g/mol. The van der Waals surface area contributed by atoms with Crippen molar-refractivity contribution >= 4 is 11.8 Å². The third kappa shape index (κ3) is 7.47. The van der Waals surface area contributed by atoms with Gasteiger partial charge in [0.15, 0.2) is 5.78 Å². The fourth-order valence-electron chi connectivity index (χ4n) is 3.82. The zero-order chi connectivity index (χ0) is 21.6. The van der Waals surface area contributed by atoms with Crippen LogP contribution in [-0.4, -0.2) is 41.8 Å². The van der Waals surface area contributed by atoms with Gasteiger partial charge in [-0.25, -0.2) is 4.79 Å². The zero-order valence-electron chi connectivity index (χ0n) is 19.4. The predicted octanol–water partition coefficient (Wildman–Crippen LogP) is 5.09. The highest BCUT2D eigenvalue weighted by molar-refractivity contribution is 5.81. The summed E-state index contributed by atoms with van der Waals surface area (Å²) in [5.41, 5.74) is -0.741. The fourth-order valence-corrected chi connectivity index (χ4v) is 3.82. The van der Waals surface area contributed by atoms with Crippen molar-refractivity contribution in [3.05, 3.63) is 0 Å². The molecule has 0 radical (unpaired) electrons. The minimum Gasteiger partial charge on any atom is -0.458 e. The van der Waals surface area contributed by atoms with Crippen LogP contribution < -0.4 is 0 Å². The van der Waals surface area contributed by atoms with Gasteiger partial charge in [-0.15, -0.1) is 0 Å². The molecule has 5 heteroatoms. The van der Waals surface area contributed by atoms with E-state index in [4.69, 9.17) is 14.2 Å². The molecular weight excluding hydrogens is 356 g/mol. The van der Waals surface area contributed by atoms with Crippen molar-refractivity contribution in [1.82, 2.24) is 0 Å². The van der Waals surface area contributed by atoms with E-state index in [1.807, 2.05) is 27.7 Å². The molecule has 28 heavy (non-hydrogen) atoms. The Labute approximate surface area is 171 Å². The normalized spacial score (nSPS) is 23.7. The molecule has 0 aliphatic heterocycles. The number of esters is 1. The van der Waals surface area contributed by atoms with E-state index in [0.717, 1.165) is 38.5 Å². The summed E-state index contributed by atoms with van der Waals surface area (Å²) in [6, 6.07) is 0. The minimum absolute atomic E-state index is 0.00946. The number of carbonyl (C=O) groups is 2. The van der Waals surface area contributed by atoms with E-state index in [-0.39, 0.29) is 36.1 Å². The van der Waals surface area contributed by atoms with Crippen LogP contribution in [-0.2, 0) is 23.8 Å². The molecule has 0 amide bonds. The number of ketones is 1. The van der Waals surface area contributed by atoms with Gasteiger partial charge in [0.2, 0.25) is 0 Å². The summed E-state index contributed by atoms with van der Waals surface area (Å²) in [6.07, 6.45) is 5.87. The van der Waals surface area contributed by atoms with Gasteiger partial charge in [-0.05, 0) is 72.1 Å². The number of Topliss-reactive ketones (excluding diaryl/α,β-unsaturated/α-hetero) is 1. The van der Waals surface area contributed by atoms with Crippen LogP contribution in [0.25, 0.3) is 0 Å². The van der Waals surface area contributed by atoms with Crippen molar-refractivity contribution in [3.63, 3.8) is 0 Å². The van der Waals surface area contributed by atoms with Crippen molar-refractivity contribution in [2.45, 2.75) is 111 Å². The standard InChI is InChI=1S/C23H42O5/c1-9-22(7,10-2)28-23(8)13-11-18(12-14-23)21(5,6)27-20(25)16-26-15-19(24)17(3)4/h17-18H,9-16H2,1-8H3. The number of carbonyl (C=O) groups excluding carboxylic acids is 2. The summed E-state index contributed by atoms with van der Waals surface area (Å²) in [5.74, 6) is -0.214. The second-order valence-electron chi connectivity index (χ2n) is 9.67. The van der Waals surface area contributed by atoms with Crippen molar-refractivity contribution in [2.75, 3.05) is 13.2 Å². The van der Waals surface area contributed by atoms with Crippen LogP contribution in [0, 0.1) is 11.8 Å². The van der Waals surface area contributed by atoms with Crippen LogP contribution in [0.1, 0.15) is 93.9 Å². The largest absolute Gasteiger partial charge is 0.458 e. The van der Waals surface area contributed by atoms with Gasteiger partial charge < -0.3 is 14.2 Å². The SMILES string of the molecule is CCC(C)(CC)OC1(C)CCC(C(C)(C)OC(=O)COCC(=O)C(C)C)CC1. The van der Waals surface area contributed by atoms with Crippen molar-refractivity contribution < 1.29 is 23.8 Å². The van der Waals surface area contributed by atoms with Crippen LogP contribution in [0.2, 0.25) is 0 Å². The van der Waals surface area contributed by atoms with Crippen molar-refractivity contribution in [3.8, 4) is 0 Å². The molecular formula is C23H42O5. The van der Waals surface area contributed by atoms with Crippen LogP contribution in [0.5, 0.6) is 0 Å². The highest BCUT2D eigenvalue weighted by Gasteiger charge is 2.42. The maximum Gasteiger partial charge on any atom is 0.332 e. The van der Waals surface area contributed by atoms with E-state index < -0.39 is 11.6 Å². The zero-order valence-corrected chi connectivity index (χ0v) is 19.4. The number of rotatable bonds is 11. The molecule has 1 aliphatic rings. The van der Waals surface area contributed by atoms with Crippen LogP contribution >= 0.6 is 0 Å². The Bertz CT molecular complexity index is 511. The first kappa shape index (κ1) is 25.1. The molecule has 164 valence electrons. The number of hydrogen-bond donors (Lipinski definition) is 0. The Balaban J connectivity index is 2.51. The van der Waals surface area contributed by atoms with Gasteiger partial charge in [-0.2, -0.15) is 0 Å². The Morgan fingerprint density at radius 1 is 1.04 bits per heavy atom. The van der Waals surface area contributed by atoms with Gasteiger partial charge in [0.05, 0.1) is 11.2 Å². The topological polar surface area (TPSA) is 61.8 Å². The second-order valence-corrected chi connectivity index (χ2v) is 9.67. The van der Waals surface area contributed by atoms with Gasteiger partial charge in [-0.1, -0.05) is 27.7 Å². The Morgan fingerprint density at radius 2 is 1.57 bits per heavy atom. The summed E-state index contributed by atoms with van der Waals surface area (Å²) in [5, 5.41) is 0. The molecule has 1 saturated carbocycles. The lowest BCUT2D eigenvalue weighted by molar-refractivity contribution is -0.182. The van der Waals surface area contributed by atoms with Gasteiger partial charge in [0.25, 0.3) is 0 Å². The van der Waals surface area contributed by atoms with E-state index in [9.17, 15) is 9.59 Å². The molecule has 0 unspecified atom stereocenters. The molecule has 1 rings (SSSR count). The highest BCUT2D eigenvalue weighted by atomic mass is 16.6. The Kier molecular flexibility index (Phi) is 9.14. The maximum atomic E-state index is 12.2.